The Balaban J connectivity index is 2.79. The number of carbonyl (C=O) groups excluding carboxylic acids is 1. The Morgan fingerprint density at radius 2 is 2.60 bits per heavy atom. The van der Waals surface area contributed by atoms with E-state index in [1.165, 1.54) is 0 Å². The van der Waals surface area contributed by atoms with Crippen LogP contribution in [-0.4, -0.2) is 15.8 Å². The monoisotopic (exact) mass is 138 g/mol. The molecule has 0 N–H and O–H groups in total. The molecule has 0 aliphatic carbocycles. The molecular weight excluding hydrogens is 128 g/mol. The van der Waals surface area contributed by atoms with Crippen molar-refractivity contribution in [1.82, 2.24) is 9.55 Å². The molecule has 0 atom stereocenters. The van der Waals surface area contributed by atoms with Gasteiger partial charge in [0.2, 0.25) is 0 Å². The fourth-order valence-corrected chi connectivity index (χ4v) is 0.869. The van der Waals surface area contributed by atoms with Crippen LogP contribution in [-0.2, 0) is 6.54 Å². The third-order valence-corrected chi connectivity index (χ3v) is 1.32. The standard InChI is InChI=1S/C7H10N2O/c1-2-4-9-5-3-8-7(9)6-10/h3,5-6H,2,4H2,1H3. The van der Waals surface area contributed by atoms with E-state index >= 15 is 0 Å². The van der Waals surface area contributed by atoms with Crippen molar-refractivity contribution in [2.75, 3.05) is 0 Å². The highest BCUT2D eigenvalue weighted by Crippen LogP contribution is 1.94. The number of rotatable bonds is 3. The minimum atomic E-state index is 0.516. The SMILES string of the molecule is CCCn1ccnc1C=O. The number of hydrogen-bond acceptors (Lipinski definition) is 2. The van der Waals surface area contributed by atoms with E-state index in [2.05, 4.69) is 11.9 Å². The first kappa shape index (κ1) is 6.99. The second-order valence-electron chi connectivity index (χ2n) is 2.10. The average molecular weight is 138 g/mol. The first-order valence-electron chi connectivity index (χ1n) is 3.34. The summed E-state index contributed by atoms with van der Waals surface area (Å²) in [4.78, 5) is 14.1. The molecule has 0 aromatic carbocycles. The van der Waals surface area contributed by atoms with E-state index in [4.69, 9.17) is 0 Å². The maximum Gasteiger partial charge on any atom is 0.185 e. The van der Waals surface area contributed by atoms with E-state index < -0.39 is 0 Å². The molecule has 1 rings (SSSR count). The van der Waals surface area contributed by atoms with E-state index in [0.29, 0.717) is 5.82 Å². The molecule has 0 amide bonds. The van der Waals surface area contributed by atoms with Gasteiger partial charge in [0.05, 0.1) is 0 Å². The molecule has 1 aromatic heterocycles. The van der Waals surface area contributed by atoms with Gasteiger partial charge in [-0.2, -0.15) is 0 Å². The highest BCUT2D eigenvalue weighted by Gasteiger charge is 1.96. The van der Waals surface area contributed by atoms with Gasteiger partial charge in [-0.1, -0.05) is 6.92 Å². The summed E-state index contributed by atoms with van der Waals surface area (Å²) in [5.74, 6) is 0.516. The van der Waals surface area contributed by atoms with Crippen LogP contribution in [0, 0.1) is 0 Å². The molecule has 54 valence electrons. The van der Waals surface area contributed by atoms with Gasteiger partial charge in [0.1, 0.15) is 0 Å². The first-order chi connectivity index (χ1) is 4.88. The average Bonchev–Trinajstić information content (AvgIpc) is 2.36. The Morgan fingerprint density at radius 3 is 3.20 bits per heavy atom. The molecule has 0 saturated heterocycles. The molecule has 0 unspecified atom stereocenters. The number of aldehydes is 1. The van der Waals surface area contributed by atoms with Crippen LogP contribution in [0.15, 0.2) is 12.4 Å². The molecule has 0 aliphatic rings. The zero-order chi connectivity index (χ0) is 7.40. The van der Waals surface area contributed by atoms with Crippen molar-refractivity contribution in [2.45, 2.75) is 19.9 Å². The van der Waals surface area contributed by atoms with Crippen LogP contribution >= 0.6 is 0 Å². The molecule has 0 radical (unpaired) electrons. The molecule has 3 heteroatoms. The topological polar surface area (TPSA) is 34.9 Å². The number of carbonyl (C=O) groups is 1. The number of aryl methyl sites for hydroxylation is 1. The highest BCUT2D eigenvalue weighted by atomic mass is 16.1. The number of nitrogens with zero attached hydrogens (tertiary/aromatic N) is 2. The minimum absolute atomic E-state index is 0.516. The van der Waals surface area contributed by atoms with Gasteiger partial charge in [-0.15, -0.1) is 0 Å². The normalized spacial score (nSPS) is 9.70. The van der Waals surface area contributed by atoms with Gasteiger partial charge in [0.15, 0.2) is 12.1 Å². The Morgan fingerprint density at radius 1 is 1.80 bits per heavy atom. The number of hydrogen-bond donors (Lipinski definition) is 0. The Bertz CT molecular complexity index is 217. The summed E-state index contributed by atoms with van der Waals surface area (Å²) in [5.41, 5.74) is 0. The Hall–Kier alpha value is -1.12. The van der Waals surface area contributed by atoms with Crippen molar-refractivity contribution < 1.29 is 4.79 Å². The molecule has 3 nitrogen and oxygen atoms in total. The first-order valence-corrected chi connectivity index (χ1v) is 3.34. The summed E-state index contributed by atoms with van der Waals surface area (Å²) in [6, 6.07) is 0. The minimum Gasteiger partial charge on any atom is -0.329 e. The summed E-state index contributed by atoms with van der Waals surface area (Å²) in [6.45, 7) is 2.93. The van der Waals surface area contributed by atoms with Crippen LogP contribution in [0.1, 0.15) is 24.0 Å². The van der Waals surface area contributed by atoms with Crippen molar-refractivity contribution >= 4 is 6.29 Å². The van der Waals surface area contributed by atoms with Crippen molar-refractivity contribution in [3.63, 3.8) is 0 Å². The van der Waals surface area contributed by atoms with Gasteiger partial charge in [-0.25, -0.2) is 4.98 Å². The molecule has 0 fully saturated rings. The lowest BCUT2D eigenvalue weighted by Gasteiger charge is -1.98. The molecule has 0 bridgehead atoms. The molecule has 1 heterocycles. The van der Waals surface area contributed by atoms with Crippen LogP contribution in [0.4, 0.5) is 0 Å². The fraction of sp³-hybridized carbons (Fsp3) is 0.429. The third-order valence-electron chi connectivity index (χ3n) is 1.32. The summed E-state index contributed by atoms with van der Waals surface area (Å²) in [7, 11) is 0. The lowest BCUT2D eigenvalue weighted by molar-refractivity contribution is 0.111. The maximum atomic E-state index is 10.3. The summed E-state index contributed by atoms with van der Waals surface area (Å²) < 4.78 is 1.84. The molecule has 0 spiro atoms. The largest absolute Gasteiger partial charge is 0.329 e. The molecule has 0 aliphatic heterocycles. The summed E-state index contributed by atoms with van der Waals surface area (Å²) >= 11 is 0. The van der Waals surface area contributed by atoms with Crippen LogP contribution in [0.25, 0.3) is 0 Å². The van der Waals surface area contributed by atoms with Gasteiger partial charge >= 0.3 is 0 Å². The van der Waals surface area contributed by atoms with Gasteiger partial charge in [0.25, 0.3) is 0 Å². The van der Waals surface area contributed by atoms with Gasteiger partial charge < -0.3 is 4.57 Å². The second kappa shape index (κ2) is 3.15. The van der Waals surface area contributed by atoms with E-state index in [0.717, 1.165) is 19.3 Å². The summed E-state index contributed by atoms with van der Waals surface area (Å²) in [6.07, 6.45) is 5.25. The molecule has 0 saturated carbocycles. The zero-order valence-electron chi connectivity index (χ0n) is 5.95. The predicted octanol–water partition coefficient (Wildman–Crippen LogP) is 1.11. The maximum absolute atomic E-state index is 10.3. The number of imidazole rings is 1. The molecular formula is C7H10N2O. The van der Waals surface area contributed by atoms with Crippen molar-refractivity contribution in [2.24, 2.45) is 0 Å². The Labute approximate surface area is 59.7 Å². The predicted molar refractivity (Wildman–Crippen MR) is 37.9 cm³/mol. The third kappa shape index (κ3) is 1.23. The molecule has 10 heavy (non-hydrogen) atoms. The van der Waals surface area contributed by atoms with Crippen LogP contribution in [0.2, 0.25) is 0 Å². The molecule has 1 aromatic rings. The lowest BCUT2D eigenvalue weighted by Crippen LogP contribution is -2.00. The van der Waals surface area contributed by atoms with Crippen LogP contribution in [0.5, 0.6) is 0 Å². The quantitative estimate of drug-likeness (QED) is 0.586. The highest BCUT2D eigenvalue weighted by molar-refractivity contribution is 5.69. The smallest absolute Gasteiger partial charge is 0.185 e. The zero-order valence-corrected chi connectivity index (χ0v) is 5.95. The van der Waals surface area contributed by atoms with E-state index in [1.807, 2.05) is 10.8 Å². The fourth-order valence-electron chi connectivity index (χ4n) is 0.869. The van der Waals surface area contributed by atoms with E-state index in [1.54, 1.807) is 6.20 Å². The van der Waals surface area contributed by atoms with Crippen molar-refractivity contribution in [1.29, 1.82) is 0 Å². The van der Waals surface area contributed by atoms with Crippen molar-refractivity contribution in [3.05, 3.63) is 18.2 Å². The van der Waals surface area contributed by atoms with E-state index in [9.17, 15) is 4.79 Å². The Kier molecular flexibility index (Phi) is 2.20. The van der Waals surface area contributed by atoms with Gasteiger partial charge in [0, 0.05) is 18.9 Å². The van der Waals surface area contributed by atoms with E-state index in [-0.39, 0.29) is 0 Å². The van der Waals surface area contributed by atoms with Crippen molar-refractivity contribution in [3.8, 4) is 0 Å². The summed E-state index contributed by atoms with van der Waals surface area (Å²) in [5, 5.41) is 0. The van der Waals surface area contributed by atoms with Crippen LogP contribution < -0.4 is 0 Å². The van der Waals surface area contributed by atoms with Gasteiger partial charge in [-0.05, 0) is 6.42 Å². The lowest BCUT2D eigenvalue weighted by atomic mass is 10.5. The number of aromatic nitrogens is 2. The van der Waals surface area contributed by atoms with Gasteiger partial charge in [-0.3, -0.25) is 4.79 Å². The second-order valence-corrected chi connectivity index (χ2v) is 2.10. The van der Waals surface area contributed by atoms with Crippen LogP contribution in [0.3, 0.4) is 0 Å².